The Balaban J connectivity index is 2.49. The summed E-state index contributed by atoms with van der Waals surface area (Å²) in [4.78, 5) is 11.9. The standard InChI is InChI=1S/C16H26O3Si/c1-13(12-18-20(5,6)16(2,3)4)19-15(17)14-10-8-7-9-11-14/h7-11,13H,12H2,1-6H3/t13-/m1/s1. The summed E-state index contributed by atoms with van der Waals surface area (Å²) in [7, 11) is -1.79. The summed E-state index contributed by atoms with van der Waals surface area (Å²) in [5, 5.41) is 0.163. The van der Waals surface area contributed by atoms with Crippen LogP contribution in [0.5, 0.6) is 0 Å². The molecule has 1 atom stereocenters. The minimum atomic E-state index is -1.79. The lowest BCUT2D eigenvalue weighted by Gasteiger charge is -2.36. The molecule has 0 amide bonds. The van der Waals surface area contributed by atoms with Gasteiger partial charge in [-0.1, -0.05) is 39.0 Å². The molecule has 0 aromatic heterocycles. The van der Waals surface area contributed by atoms with E-state index >= 15 is 0 Å². The van der Waals surface area contributed by atoms with Gasteiger partial charge in [0, 0.05) is 0 Å². The molecule has 0 aliphatic rings. The van der Waals surface area contributed by atoms with Crippen LogP contribution in [0.1, 0.15) is 38.1 Å². The first-order valence-corrected chi connectivity index (χ1v) is 9.94. The van der Waals surface area contributed by atoms with Crippen LogP contribution in [0.25, 0.3) is 0 Å². The summed E-state index contributed by atoms with van der Waals surface area (Å²) in [6.45, 7) is 13.3. The fourth-order valence-electron chi connectivity index (χ4n) is 1.40. The molecule has 0 aliphatic carbocycles. The highest BCUT2D eigenvalue weighted by Crippen LogP contribution is 2.36. The van der Waals surface area contributed by atoms with Crippen LogP contribution in [0.4, 0.5) is 0 Å². The molecule has 0 saturated carbocycles. The SMILES string of the molecule is C[C@H](CO[Si](C)(C)C(C)(C)C)OC(=O)c1ccccc1. The van der Waals surface area contributed by atoms with Crippen molar-refractivity contribution >= 4 is 14.3 Å². The lowest BCUT2D eigenvalue weighted by molar-refractivity contribution is 0.0212. The van der Waals surface area contributed by atoms with Gasteiger partial charge in [-0.05, 0) is 37.2 Å². The highest BCUT2D eigenvalue weighted by atomic mass is 28.4. The Kier molecular flexibility index (Phi) is 5.54. The molecular formula is C16H26O3Si. The normalized spacial score (nSPS) is 13.9. The zero-order chi connectivity index (χ0) is 15.4. The topological polar surface area (TPSA) is 35.5 Å². The Morgan fingerprint density at radius 2 is 1.75 bits per heavy atom. The van der Waals surface area contributed by atoms with Crippen LogP contribution in [-0.2, 0) is 9.16 Å². The summed E-state index contributed by atoms with van der Waals surface area (Å²) < 4.78 is 11.5. The van der Waals surface area contributed by atoms with E-state index in [-0.39, 0.29) is 17.1 Å². The summed E-state index contributed by atoms with van der Waals surface area (Å²) in [5.41, 5.74) is 0.576. The molecule has 1 aromatic rings. The number of ether oxygens (including phenoxy) is 1. The minimum absolute atomic E-state index is 0.163. The van der Waals surface area contributed by atoms with E-state index in [0.29, 0.717) is 12.2 Å². The molecule has 3 nitrogen and oxygen atoms in total. The molecular weight excluding hydrogens is 268 g/mol. The van der Waals surface area contributed by atoms with Gasteiger partial charge in [-0.3, -0.25) is 0 Å². The quantitative estimate of drug-likeness (QED) is 0.601. The average molecular weight is 294 g/mol. The zero-order valence-corrected chi connectivity index (χ0v) is 14.4. The third-order valence-corrected chi connectivity index (χ3v) is 8.30. The molecule has 20 heavy (non-hydrogen) atoms. The predicted octanol–water partition coefficient (Wildman–Crippen LogP) is 4.25. The van der Waals surface area contributed by atoms with Gasteiger partial charge in [-0.25, -0.2) is 4.79 Å². The molecule has 112 valence electrons. The van der Waals surface area contributed by atoms with E-state index in [9.17, 15) is 4.79 Å². The molecule has 0 aliphatic heterocycles. The molecule has 1 aromatic carbocycles. The molecule has 0 fully saturated rings. The zero-order valence-electron chi connectivity index (χ0n) is 13.4. The van der Waals surface area contributed by atoms with Crippen molar-refractivity contribution in [3.05, 3.63) is 35.9 Å². The minimum Gasteiger partial charge on any atom is -0.457 e. The molecule has 0 heterocycles. The fraction of sp³-hybridized carbons (Fsp3) is 0.562. The fourth-order valence-corrected chi connectivity index (χ4v) is 2.49. The molecule has 0 radical (unpaired) electrons. The molecule has 0 unspecified atom stereocenters. The van der Waals surface area contributed by atoms with Crippen molar-refractivity contribution in [2.24, 2.45) is 0 Å². The predicted molar refractivity (Wildman–Crippen MR) is 84.5 cm³/mol. The van der Waals surface area contributed by atoms with E-state index in [2.05, 4.69) is 33.9 Å². The van der Waals surface area contributed by atoms with Gasteiger partial charge < -0.3 is 9.16 Å². The van der Waals surface area contributed by atoms with E-state index in [4.69, 9.17) is 9.16 Å². The highest BCUT2D eigenvalue weighted by molar-refractivity contribution is 6.74. The van der Waals surface area contributed by atoms with Gasteiger partial charge in [-0.15, -0.1) is 0 Å². The second-order valence-electron chi connectivity index (χ2n) is 6.65. The molecule has 0 bridgehead atoms. The number of carbonyl (C=O) groups is 1. The molecule has 0 spiro atoms. The Labute approximate surface area is 123 Å². The van der Waals surface area contributed by atoms with Gasteiger partial charge >= 0.3 is 5.97 Å². The second kappa shape index (κ2) is 6.55. The van der Waals surface area contributed by atoms with Gasteiger partial charge in [0.05, 0.1) is 12.2 Å². The smallest absolute Gasteiger partial charge is 0.338 e. The first-order valence-electron chi connectivity index (χ1n) is 7.03. The monoisotopic (exact) mass is 294 g/mol. The maximum Gasteiger partial charge on any atom is 0.338 e. The average Bonchev–Trinajstić information content (AvgIpc) is 2.36. The molecule has 0 saturated heterocycles. The van der Waals surface area contributed by atoms with E-state index in [1.165, 1.54) is 0 Å². The van der Waals surface area contributed by atoms with Gasteiger partial charge in [-0.2, -0.15) is 0 Å². The van der Waals surface area contributed by atoms with Crippen LogP contribution in [-0.4, -0.2) is 27.0 Å². The van der Waals surface area contributed by atoms with E-state index in [1.54, 1.807) is 12.1 Å². The summed E-state index contributed by atoms with van der Waals surface area (Å²) in [6.07, 6.45) is -0.239. The van der Waals surface area contributed by atoms with E-state index in [0.717, 1.165) is 0 Å². The number of rotatable bonds is 5. The first-order chi connectivity index (χ1) is 9.13. The van der Waals surface area contributed by atoms with Crippen LogP contribution in [0.3, 0.4) is 0 Å². The Morgan fingerprint density at radius 1 is 1.20 bits per heavy atom. The number of esters is 1. The highest BCUT2D eigenvalue weighted by Gasteiger charge is 2.37. The maximum atomic E-state index is 11.9. The van der Waals surface area contributed by atoms with Crippen molar-refractivity contribution in [3.63, 3.8) is 0 Å². The van der Waals surface area contributed by atoms with Crippen LogP contribution in [0, 0.1) is 0 Å². The number of hydrogen-bond acceptors (Lipinski definition) is 3. The molecule has 0 N–H and O–H groups in total. The van der Waals surface area contributed by atoms with Crippen molar-refractivity contribution in [2.45, 2.75) is 51.9 Å². The van der Waals surface area contributed by atoms with Crippen LogP contribution in [0.2, 0.25) is 18.1 Å². The molecule has 4 heteroatoms. The van der Waals surface area contributed by atoms with Crippen LogP contribution < -0.4 is 0 Å². The summed E-state index contributed by atoms with van der Waals surface area (Å²) in [5.74, 6) is -0.295. The van der Waals surface area contributed by atoms with Gasteiger partial charge in [0.2, 0.25) is 0 Å². The van der Waals surface area contributed by atoms with E-state index in [1.807, 2.05) is 25.1 Å². The summed E-state index contributed by atoms with van der Waals surface area (Å²) in [6, 6.07) is 9.04. The van der Waals surface area contributed by atoms with Gasteiger partial charge in [0.1, 0.15) is 6.10 Å². The number of carbonyl (C=O) groups excluding carboxylic acids is 1. The second-order valence-corrected chi connectivity index (χ2v) is 11.5. The van der Waals surface area contributed by atoms with Crippen molar-refractivity contribution < 1.29 is 14.0 Å². The Bertz CT molecular complexity index is 435. The largest absolute Gasteiger partial charge is 0.457 e. The third-order valence-electron chi connectivity index (χ3n) is 3.80. The van der Waals surface area contributed by atoms with Crippen LogP contribution in [0.15, 0.2) is 30.3 Å². The third kappa shape index (κ3) is 4.76. The van der Waals surface area contributed by atoms with Crippen molar-refractivity contribution in [3.8, 4) is 0 Å². The van der Waals surface area contributed by atoms with Crippen LogP contribution >= 0.6 is 0 Å². The lowest BCUT2D eigenvalue weighted by atomic mass is 10.2. The van der Waals surface area contributed by atoms with Gasteiger partial charge in [0.25, 0.3) is 0 Å². The lowest BCUT2D eigenvalue weighted by Crippen LogP contribution is -2.42. The molecule has 1 rings (SSSR count). The summed E-state index contributed by atoms with van der Waals surface area (Å²) >= 11 is 0. The van der Waals surface area contributed by atoms with Crippen molar-refractivity contribution in [1.82, 2.24) is 0 Å². The number of hydrogen-bond donors (Lipinski definition) is 0. The van der Waals surface area contributed by atoms with Crippen molar-refractivity contribution in [1.29, 1.82) is 0 Å². The van der Waals surface area contributed by atoms with Gasteiger partial charge in [0.15, 0.2) is 8.32 Å². The maximum absolute atomic E-state index is 11.9. The first kappa shape index (κ1) is 16.9. The Morgan fingerprint density at radius 3 is 2.25 bits per heavy atom. The Hall–Kier alpha value is -1.13. The number of benzene rings is 1. The van der Waals surface area contributed by atoms with Crippen molar-refractivity contribution in [2.75, 3.05) is 6.61 Å². The van der Waals surface area contributed by atoms with E-state index < -0.39 is 8.32 Å².